The van der Waals surface area contributed by atoms with Crippen LogP contribution in [0.1, 0.15) is 32.1 Å². The molecule has 0 amide bonds. The number of halogens is 2. The Bertz CT molecular complexity index is 1260. The van der Waals surface area contributed by atoms with Gasteiger partial charge in [0.25, 0.3) is 5.89 Å². The maximum Gasteiger partial charge on any atom is 0.503 e. The third-order valence-electron chi connectivity index (χ3n) is 5.13. The fourth-order valence-corrected chi connectivity index (χ4v) is 3.60. The molecule has 0 bridgehead atoms. The molecule has 2 aromatic carbocycles. The summed E-state index contributed by atoms with van der Waals surface area (Å²) in [5, 5.41) is 24.7. The van der Waals surface area contributed by atoms with Crippen molar-refractivity contribution in [2.45, 2.75) is 38.2 Å². The Kier molecular flexibility index (Phi) is 6.85. The number of carboxylic acid groups (broad SMARTS) is 2. The van der Waals surface area contributed by atoms with Crippen molar-refractivity contribution in [3.05, 3.63) is 48.0 Å². The highest BCUT2D eigenvalue weighted by Crippen LogP contribution is 2.31. The van der Waals surface area contributed by atoms with Crippen molar-refractivity contribution in [3.8, 4) is 17.5 Å². The number of anilines is 2. The highest BCUT2D eigenvalue weighted by atomic mass is 19.1. The van der Waals surface area contributed by atoms with E-state index in [4.69, 9.17) is 24.2 Å². The quantitative estimate of drug-likeness (QED) is 0.292. The number of fused-ring (bicyclic) bond motifs is 1. The number of ether oxygens (including phenoxy) is 1. The lowest BCUT2D eigenvalue weighted by atomic mass is 9.98. The number of hydrogen-bond acceptors (Lipinski definition) is 7. The van der Waals surface area contributed by atoms with Crippen molar-refractivity contribution < 1.29 is 32.9 Å². The molecule has 0 aliphatic heterocycles. The standard InChI is InChI=1S/C21H19F2N5O2.CH2O3/c22-12-6-8-13(9-7-12)24-21-28-27-20(30-21)19-25-15-10-11-16(17(23)18(15)26-19)29-14-4-2-1-3-5-14;2-1(3)4/h6-11,14H,1-5H2,(H,24,28)(H,25,26);(H2,2,3,4). The Hall–Kier alpha value is -4.22. The molecule has 1 saturated carbocycles. The molecule has 1 aliphatic carbocycles. The van der Waals surface area contributed by atoms with Crippen LogP contribution in [0, 0.1) is 11.6 Å². The summed E-state index contributed by atoms with van der Waals surface area (Å²) in [4.78, 5) is 15.8. The van der Waals surface area contributed by atoms with Crippen LogP contribution in [-0.4, -0.2) is 42.6 Å². The lowest BCUT2D eigenvalue weighted by Crippen LogP contribution is -2.20. The summed E-state index contributed by atoms with van der Waals surface area (Å²) in [6.07, 6.45) is 3.50. The lowest BCUT2D eigenvalue weighted by molar-refractivity contribution is 0.137. The molecular formula is C22H21F2N5O5. The third kappa shape index (κ3) is 5.57. The summed E-state index contributed by atoms with van der Waals surface area (Å²) in [5.41, 5.74) is 1.25. The summed E-state index contributed by atoms with van der Waals surface area (Å²) >= 11 is 0. The van der Waals surface area contributed by atoms with Crippen molar-refractivity contribution in [1.29, 1.82) is 0 Å². The predicted molar refractivity (Wildman–Crippen MR) is 117 cm³/mol. The van der Waals surface area contributed by atoms with Crippen LogP contribution in [0.3, 0.4) is 0 Å². The summed E-state index contributed by atoms with van der Waals surface area (Å²) in [5.74, 6) is -0.298. The Morgan fingerprint density at radius 1 is 1.06 bits per heavy atom. The molecule has 178 valence electrons. The van der Waals surface area contributed by atoms with Crippen molar-refractivity contribution in [2.75, 3.05) is 5.32 Å². The zero-order valence-electron chi connectivity index (χ0n) is 17.8. The lowest BCUT2D eigenvalue weighted by Gasteiger charge is -2.23. The number of aromatic amines is 1. The number of aromatic nitrogens is 4. The Morgan fingerprint density at radius 2 is 1.76 bits per heavy atom. The van der Waals surface area contributed by atoms with E-state index in [0.717, 1.165) is 25.7 Å². The first-order chi connectivity index (χ1) is 16.4. The fourth-order valence-electron chi connectivity index (χ4n) is 3.60. The van der Waals surface area contributed by atoms with E-state index >= 15 is 0 Å². The molecule has 12 heteroatoms. The topological polar surface area (TPSA) is 146 Å². The molecule has 2 heterocycles. The number of hydrogen-bond donors (Lipinski definition) is 4. The average Bonchev–Trinajstić information content (AvgIpc) is 3.45. The Morgan fingerprint density at radius 3 is 2.47 bits per heavy atom. The monoisotopic (exact) mass is 473 g/mol. The summed E-state index contributed by atoms with van der Waals surface area (Å²) in [7, 11) is 0. The zero-order chi connectivity index (χ0) is 24.1. The molecule has 4 aromatic rings. The SMILES string of the molecule is Fc1ccc(Nc2nnc(-c3nc4c(F)c(OC5CCCCC5)ccc4[nH]3)o2)cc1.O=C(O)O. The summed E-state index contributed by atoms with van der Waals surface area (Å²) < 4.78 is 39.4. The van der Waals surface area contributed by atoms with E-state index in [1.807, 2.05) is 0 Å². The molecule has 1 aliphatic rings. The van der Waals surface area contributed by atoms with Crippen LogP contribution in [0.2, 0.25) is 0 Å². The molecule has 2 aromatic heterocycles. The van der Waals surface area contributed by atoms with E-state index in [2.05, 4.69) is 25.5 Å². The maximum absolute atomic E-state index is 15.0. The first kappa shape index (κ1) is 23.0. The van der Waals surface area contributed by atoms with Crippen LogP contribution >= 0.6 is 0 Å². The van der Waals surface area contributed by atoms with Crippen LogP contribution in [0.15, 0.2) is 40.8 Å². The van der Waals surface area contributed by atoms with Gasteiger partial charge in [-0.15, -0.1) is 5.10 Å². The zero-order valence-corrected chi connectivity index (χ0v) is 17.8. The smallest absolute Gasteiger partial charge is 0.487 e. The normalized spacial score (nSPS) is 13.8. The van der Waals surface area contributed by atoms with Crippen LogP contribution in [0.5, 0.6) is 5.75 Å². The maximum atomic E-state index is 15.0. The molecule has 0 spiro atoms. The predicted octanol–water partition coefficient (Wildman–Crippen LogP) is 5.57. The van der Waals surface area contributed by atoms with Crippen molar-refractivity contribution in [1.82, 2.24) is 20.2 Å². The van der Waals surface area contributed by atoms with E-state index in [1.54, 1.807) is 24.3 Å². The molecule has 34 heavy (non-hydrogen) atoms. The van der Waals surface area contributed by atoms with Crippen LogP contribution in [0.25, 0.3) is 22.7 Å². The molecule has 0 radical (unpaired) electrons. The number of nitrogens with one attached hydrogen (secondary N) is 2. The van der Waals surface area contributed by atoms with Gasteiger partial charge in [0.05, 0.1) is 11.6 Å². The van der Waals surface area contributed by atoms with Crippen LogP contribution in [-0.2, 0) is 0 Å². The van der Waals surface area contributed by atoms with Gasteiger partial charge in [-0.05, 0) is 62.1 Å². The highest BCUT2D eigenvalue weighted by Gasteiger charge is 2.21. The van der Waals surface area contributed by atoms with Gasteiger partial charge in [0.2, 0.25) is 0 Å². The fraction of sp³-hybridized carbons (Fsp3) is 0.273. The minimum absolute atomic E-state index is 0.0418. The second-order valence-electron chi connectivity index (χ2n) is 7.56. The molecule has 0 unspecified atom stereocenters. The number of H-pyrrole nitrogens is 1. The minimum atomic E-state index is -1.83. The van der Waals surface area contributed by atoms with Gasteiger partial charge in [-0.25, -0.2) is 18.6 Å². The Labute approximate surface area is 191 Å². The van der Waals surface area contributed by atoms with Crippen molar-refractivity contribution >= 4 is 28.9 Å². The number of benzene rings is 2. The number of imidazole rings is 1. The van der Waals surface area contributed by atoms with Gasteiger partial charge in [-0.1, -0.05) is 11.5 Å². The molecule has 1 fully saturated rings. The number of rotatable bonds is 5. The highest BCUT2D eigenvalue weighted by molar-refractivity contribution is 5.80. The van der Waals surface area contributed by atoms with Crippen molar-refractivity contribution in [2.24, 2.45) is 0 Å². The van der Waals surface area contributed by atoms with Crippen LogP contribution in [0.4, 0.5) is 25.3 Å². The van der Waals surface area contributed by atoms with Crippen molar-refractivity contribution in [3.63, 3.8) is 0 Å². The second kappa shape index (κ2) is 10.1. The van der Waals surface area contributed by atoms with Gasteiger partial charge in [-0.3, -0.25) is 0 Å². The summed E-state index contributed by atoms with van der Waals surface area (Å²) in [6, 6.07) is 9.17. The summed E-state index contributed by atoms with van der Waals surface area (Å²) in [6.45, 7) is 0. The van der Waals surface area contributed by atoms with Gasteiger partial charge in [-0.2, -0.15) is 0 Å². The number of nitrogens with zero attached hydrogens (tertiary/aromatic N) is 3. The van der Waals surface area contributed by atoms with Gasteiger partial charge >= 0.3 is 12.2 Å². The van der Waals surface area contributed by atoms with E-state index < -0.39 is 12.0 Å². The minimum Gasteiger partial charge on any atom is -0.487 e. The van der Waals surface area contributed by atoms with E-state index in [9.17, 15) is 8.78 Å². The molecule has 0 saturated heterocycles. The van der Waals surface area contributed by atoms with E-state index in [0.29, 0.717) is 11.2 Å². The third-order valence-corrected chi connectivity index (χ3v) is 5.13. The molecular weight excluding hydrogens is 452 g/mol. The van der Waals surface area contributed by atoms with Crippen LogP contribution < -0.4 is 10.1 Å². The van der Waals surface area contributed by atoms with E-state index in [-0.39, 0.29) is 40.9 Å². The van der Waals surface area contributed by atoms with Gasteiger partial charge in [0.1, 0.15) is 11.3 Å². The van der Waals surface area contributed by atoms with E-state index in [1.165, 1.54) is 18.6 Å². The van der Waals surface area contributed by atoms with Gasteiger partial charge in [0.15, 0.2) is 17.4 Å². The largest absolute Gasteiger partial charge is 0.503 e. The number of carbonyl (C=O) groups is 1. The molecule has 0 atom stereocenters. The first-order valence-corrected chi connectivity index (χ1v) is 10.5. The van der Waals surface area contributed by atoms with Gasteiger partial charge in [0, 0.05) is 5.69 Å². The second-order valence-corrected chi connectivity index (χ2v) is 7.56. The average molecular weight is 473 g/mol. The molecule has 10 nitrogen and oxygen atoms in total. The Balaban J connectivity index is 0.000000636. The first-order valence-electron chi connectivity index (χ1n) is 10.5. The van der Waals surface area contributed by atoms with Gasteiger partial charge < -0.3 is 29.7 Å². The molecule has 4 N–H and O–H groups in total. The molecule has 5 rings (SSSR count).